The van der Waals surface area contributed by atoms with Crippen LogP contribution >= 0.6 is 0 Å². The zero-order valence-electron chi connectivity index (χ0n) is 13.4. The van der Waals surface area contributed by atoms with Crippen LogP contribution in [0.3, 0.4) is 0 Å². The van der Waals surface area contributed by atoms with Gasteiger partial charge in [0.25, 0.3) is 0 Å². The third kappa shape index (κ3) is 7.06. The van der Waals surface area contributed by atoms with Gasteiger partial charge in [0.15, 0.2) is 0 Å². The van der Waals surface area contributed by atoms with Crippen LogP contribution in [0.1, 0.15) is 45.6 Å². The van der Waals surface area contributed by atoms with Crippen LogP contribution < -0.4 is 5.32 Å². The fraction of sp³-hybridized carbons (Fsp3) is 0.667. The first-order valence-corrected chi connectivity index (χ1v) is 8.13. The minimum atomic E-state index is 0.497. The number of rotatable bonds is 11. The lowest BCUT2D eigenvalue weighted by atomic mass is 10.00. The summed E-state index contributed by atoms with van der Waals surface area (Å²) in [4.78, 5) is 0. The molecule has 1 aromatic rings. The molecule has 0 heterocycles. The summed E-state index contributed by atoms with van der Waals surface area (Å²) in [6.45, 7) is 9.55. The Balaban J connectivity index is 2.16. The highest BCUT2D eigenvalue weighted by Gasteiger charge is 2.14. The van der Waals surface area contributed by atoms with Crippen molar-refractivity contribution in [1.29, 1.82) is 0 Å². The second-order valence-electron chi connectivity index (χ2n) is 5.61. The topological polar surface area (TPSA) is 21.3 Å². The van der Waals surface area contributed by atoms with Crippen molar-refractivity contribution in [3.05, 3.63) is 35.9 Å². The molecule has 0 amide bonds. The van der Waals surface area contributed by atoms with Crippen molar-refractivity contribution >= 4 is 0 Å². The first-order valence-electron chi connectivity index (χ1n) is 8.13. The lowest BCUT2D eigenvalue weighted by Gasteiger charge is -2.24. The van der Waals surface area contributed by atoms with E-state index in [2.05, 4.69) is 56.4 Å². The average Bonchev–Trinajstić information content (AvgIpc) is 2.50. The highest BCUT2D eigenvalue weighted by molar-refractivity contribution is 5.14. The monoisotopic (exact) mass is 277 g/mol. The molecule has 0 saturated heterocycles. The molecule has 2 atom stereocenters. The highest BCUT2D eigenvalue weighted by Crippen LogP contribution is 2.09. The lowest BCUT2D eigenvalue weighted by molar-refractivity contribution is 0.0931. The molecule has 0 aliphatic heterocycles. The van der Waals surface area contributed by atoms with E-state index in [-0.39, 0.29) is 0 Å². The minimum Gasteiger partial charge on any atom is -0.380 e. The van der Waals surface area contributed by atoms with Crippen molar-refractivity contribution in [3.8, 4) is 0 Å². The summed E-state index contributed by atoms with van der Waals surface area (Å²) < 4.78 is 5.88. The van der Waals surface area contributed by atoms with E-state index in [9.17, 15) is 0 Å². The third-order valence-corrected chi connectivity index (χ3v) is 3.88. The molecule has 0 fully saturated rings. The molecule has 0 saturated carbocycles. The molecule has 1 rings (SSSR count). The van der Waals surface area contributed by atoms with Crippen molar-refractivity contribution in [2.75, 3.05) is 19.8 Å². The maximum absolute atomic E-state index is 5.88. The number of hydrogen-bond acceptors (Lipinski definition) is 2. The fourth-order valence-electron chi connectivity index (χ4n) is 2.27. The molecular formula is C18H31NO. The summed E-state index contributed by atoms with van der Waals surface area (Å²) in [6, 6.07) is 11.1. The van der Waals surface area contributed by atoms with Gasteiger partial charge in [-0.25, -0.2) is 0 Å². The summed E-state index contributed by atoms with van der Waals surface area (Å²) in [5.41, 5.74) is 1.40. The molecule has 0 spiro atoms. The molecule has 114 valence electrons. The highest BCUT2D eigenvalue weighted by atomic mass is 16.5. The minimum absolute atomic E-state index is 0.497. The van der Waals surface area contributed by atoms with Crippen molar-refractivity contribution in [1.82, 2.24) is 5.32 Å². The molecule has 0 bridgehead atoms. The zero-order valence-corrected chi connectivity index (χ0v) is 13.4. The van der Waals surface area contributed by atoms with Crippen molar-refractivity contribution < 1.29 is 4.74 Å². The van der Waals surface area contributed by atoms with Gasteiger partial charge in [0.2, 0.25) is 0 Å². The van der Waals surface area contributed by atoms with Crippen LogP contribution in [0.4, 0.5) is 0 Å². The number of aryl methyl sites for hydroxylation is 1. The standard InChI is InChI=1S/C18H31NO/c1-4-13-19-18(16(3)5-2)15-20-14-9-12-17-10-7-6-8-11-17/h6-8,10-11,16,18-19H,4-5,9,12-15H2,1-3H3. The molecule has 0 aromatic heterocycles. The first kappa shape index (κ1) is 17.2. The van der Waals surface area contributed by atoms with E-state index in [1.54, 1.807) is 0 Å². The lowest BCUT2D eigenvalue weighted by Crippen LogP contribution is -2.39. The number of hydrogen-bond donors (Lipinski definition) is 1. The summed E-state index contributed by atoms with van der Waals surface area (Å²) in [7, 11) is 0. The van der Waals surface area contributed by atoms with E-state index >= 15 is 0 Å². The van der Waals surface area contributed by atoms with Gasteiger partial charge in [-0.1, -0.05) is 57.5 Å². The summed E-state index contributed by atoms with van der Waals surface area (Å²) in [5, 5.41) is 3.60. The van der Waals surface area contributed by atoms with Crippen LogP contribution in [0.2, 0.25) is 0 Å². The molecule has 1 aromatic carbocycles. The van der Waals surface area contributed by atoms with E-state index in [4.69, 9.17) is 4.74 Å². The Kier molecular flexibility index (Phi) is 9.35. The molecule has 2 unspecified atom stereocenters. The van der Waals surface area contributed by atoms with Gasteiger partial charge in [-0.05, 0) is 37.3 Å². The van der Waals surface area contributed by atoms with Crippen LogP contribution in [0.15, 0.2) is 30.3 Å². The van der Waals surface area contributed by atoms with Crippen molar-refractivity contribution in [3.63, 3.8) is 0 Å². The van der Waals surface area contributed by atoms with Crippen LogP contribution in [-0.4, -0.2) is 25.8 Å². The summed E-state index contributed by atoms with van der Waals surface area (Å²) in [5.74, 6) is 0.677. The van der Waals surface area contributed by atoms with E-state index in [0.29, 0.717) is 12.0 Å². The van der Waals surface area contributed by atoms with Gasteiger partial charge in [0.1, 0.15) is 0 Å². The molecule has 0 radical (unpaired) electrons. The van der Waals surface area contributed by atoms with Crippen LogP contribution in [0.25, 0.3) is 0 Å². The van der Waals surface area contributed by atoms with Crippen LogP contribution in [0.5, 0.6) is 0 Å². The van der Waals surface area contributed by atoms with Crippen molar-refractivity contribution in [2.24, 2.45) is 5.92 Å². The van der Waals surface area contributed by atoms with E-state index < -0.39 is 0 Å². The number of nitrogens with one attached hydrogen (secondary N) is 1. The van der Waals surface area contributed by atoms with Gasteiger partial charge in [0.05, 0.1) is 6.61 Å². The molecule has 2 heteroatoms. The Hall–Kier alpha value is -0.860. The van der Waals surface area contributed by atoms with Gasteiger partial charge in [-0.3, -0.25) is 0 Å². The Morgan fingerprint density at radius 1 is 1.15 bits per heavy atom. The summed E-state index contributed by atoms with van der Waals surface area (Å²) in [6.07, 6.45) is 4.60. The van der Waals surface area contributed by atoms with Gasteiger partial charge in [-0.15, -0.1) is 0 Å². The Morgan fingerprint density at radius 2 is 1.90 bits per heavy atom. The second kappa shape index (κ2) is 10.9. The smallest absolute Gasteiger partial charge is 0.0622 e. The van der Waals surface area contributed by atoms with Gasteiger partial charge in [0, 0.05) is 12.6 Å². The maximum Gasteiger partial charge on any atom is 0.0622 e. The first-order chi connectivity index (χ1) is 9.77. The molecule has 1 N–H and O–H groups in total. The molecule has 2 nitrogen and oxygen atoms in total. The Labute approximate surface area is 124 Å². The zero-order chi connectivity index (χ0) is 14.6. The SMILES string of the molecule is CCCNC(COCCCc1ccccc1)C(C)CC. The number of ether oxygens (including phenoxy) is 1. The molecular weight excluding hydrogens is 246 g/mol. The van der Waals surface area contributed by atoms with Gasteiger partial charge in [-0.2, -0.15) is 0 Å². The van der Waals surface area contributed by atoms with E-state index in [0.717, 1.165) is 32.6 Å². The van der Waals surface area contributed by atoms with Crippen LogP contribution in [0, 0.1) is 5.92 Å². The predicted octanol–water partition coefficient (Wildman–Crippen LogP) is 4.05. The molecule has 20 heavy (non-hydrogen) atoms. The second-order valence-corrected chi connectivity index (χ2v) is 5.61. The summed E-state index contributed by atoms with van der Waals surface area (Å²) >= 11 is 0. The Morgan fingerprint density at radius 3 is 2.55 bits per heavy atom. The quantitative estimate of drug-likeness (QED) is 0.616. The van der Waals surface area contributed by atoms with Crippen molar-refractivity contribution in [2.45, 2.75) is 52.5 Å². The van der Waals surface area contributed by atoms with Gasteiger partial charge < -0.3 is 10.1 Å². The Bertz CT molecular complexity index is 325. The molecule has 0 aliphatic rings. The molecule has 0 aliphatic carbocycles. The van der Waals surface area contributed by atoms with Crippen LogP contribution in [-0.2, 0) is 11.2 Å². The predicted molar refractivity (Wildman–Crippen MR) is 87.1 cm³/mol. The normalized spacial score (nSPS) is 14.2. The number of benzene rings is 1. The van der Waals surface area contributed by atoms with E-state index in [1.165, 1.54) is 18.4 Å². The van der Waals surface area contributed by atoms with Gasteiger partial charge >= 0.3 is 0 Å². The largest absolute Gasteiger partial charge is 0.380 e. The fourth-order valence-corrected chi connectivity index (χ4v) is 2.27. The average molecular weight is 277 g/mol. The maximum atomic E-state index is 5.88. The van der Waals surface area contributed by atoms with E-state index in [1.807, 2.05) is 0 Å². The third-order valence-electron chi connectivity index (χ3n) is 3.88.